The summed E-state index contributed by atoms with van der Waals surface area (Å²) in [7, 11) is 2.09. The van der Waals surface area contributed by atoms with Crippen molar-refractivity contribution >= 4 is 22.6 Å². The summed E-state index contributed by atoms with van der Waals surface area (Å²) < 4.78 is 4.13. The van der Waals surface area contributed by atoms with Gasteiger partial charge >= 0.3 is 0 Å². The van der Waals surface area contributed by atoms with E-state index in [9.17, 15) is 4.79 Å². The van der Waals surface area contributed by atoms with Gasteiger partial charge < -0.3 is 9.88 Å². The first kappa shape index (κ1) is 19.6. The largest absolute Gasteiger partial charge is 0.331 e. The zero-order chi connectivity index (χ0) is 20.5. The van der Waals surface area contributed by atoms with Crippen molar-refractivity contribution in [2.24, 2.45) is 7.05 Å². The number of nitrogens with zero attached hydrogens (tertiary/aromatic N) is 5. The van der Waals surface area contributed by atoms with Gasteiger partial charge in [-0.3, -0.25) is 14.4 Å². The molecule has 0 aliphatic carbocycles. The van der Waals surface area contributed by atoms with E-state index >= 15 is 0 Å². The Morgan fingerprint density at radius 3 is 2.79 bits per heavy atom. The molecule has 1 saturated heterocycles. The number of carbonyl (C=O) groups excluding carboxylic acids is 1. The van der Waals surface area contributed by atoms with E-state index in [2.05, 4.69) is 52.1 Å². The van der Waals surface area contributed by atoms with Crippen LogP contribution in [-0.2, 0) is 18.4 Å². The van der Waals surface area contributed by atoms with Crippen LogP contribution in [0.4, 0.5) is 5.69 Å². The molecule has 0 unspecified atom stereocenters. The first-order valence-corrected chi connectivity index (χ1v) is 10.5. The second kappa shape index (κ2) is 7.99. The third-order valence-corrected chi connectivity index (χ3v) is 6.01. The number of anilines is 1. The Bertz CT molecular complexity index is 1030. The van der Waals surface area contributed by atoms with Crippen LogP contribution < -0.4 is 5.32 Å². The quantitative estimate of drug-likeness (QED) is 0.721. The Morgan fingerprint density at radius 2 is 2.07 bits per heavy atom. The number of amides is 1. The van der Waals surface area contributed by atoms with Crippen molar-refractivity contribution < 1.29 is 4.79 Å². The normalized spacial score (nSPS) is 17.7. The van der Waals surface area contributed by atoms with Crippen LogP contribution in [0.1, 0.15) is 42.9 Å². The molecule has 0 saturated carbocycles. The van der Waals surface area contributed by atoms with E-state index in [0.717, 1.165) is 66.4 Å². The van der Waals surface area contributed by atoms with Crippen LogP contribution in [0, 0.1) is 13.8 Å². The number of aromatic nitrogens is 4. The monoisotopic (exact) mass is 394 g/mol. The number of aryl methyl sites for hydroxylation is 3. The van der Waals surface area contributed by atoms with Crippen LogP contribution in [0.2, 0.25) is 0 Å². The fourth-order valence-electron chi connectivity index (χ4n) is 4.51. The summed E-state index contributed by atoms with van der Waals surface area (Å²) in [5.74, 6) is 1.49. The molecule has 4 rings (SSSR count). The fourth-order valence-corrected chi connectivity index (χ4v) is 4.51. The van der Waals surface area contributed by atoms with Crippen molar-refractivity contribution in [3.8, 4) is 0 Å². The molecule has 1 aliphatic rings. The van der Waals surface area contributed by atoms with Gasteiger partial charge in [-0.2, -0.15) is 5.10 Å². The number of rotatable bonds is 5. The lowest BCUT2D eigenvalue weighted by molar-refractivity contribution is -0.117. The molecule has 154 valence electrons. The molecular weight excluding hydrogens is 364 g/mol. The highest BCUT2D eigenvalue weighted by molar-refractivity contribution is 5.93. The predicted octanol–water partition coefficient (Wildman–Crippen LogP) is 3.22. The molecule has 0 bridgehead atoms. The number of likely N-dealkylation sites (tertiary alicyclic amines) is 1. The van der Waals surface area contributed by atoms with Gasteiger partial charge in [0.05, 0.1) is 34.7 Å². The first-order chi connectivity index (χ1) is 14.0. The van der Waals surface area contributed by atoms with E-state index in [1.54, 1.807) is 0 Å². The lowest BCUT2D eigenvalue weighted by Gasteiger charge is -2.31. The summed E-state index contributed by atoms with van der Waals surface area (Å²) in [5.41, 5.74) is 4.93. The Balaban J connectivity index is 1.44. The standard InChI is InChI=1S/C22H30N6O/c1-5-28-16(3)21(15(2)25-28)24-20(29)14-27-12-8-9-17(13-27)22-23-18-10-6-7-11-19(18)26(22)4/h6-7,10-11,17H,5,8-9,12-14H2,1-4H3,(H,24,29)/t17-/m0/s1. The molecule has 7 heteroatoms. The molecule has 1 amide bonds. The molecule has 1 atom stereocenters. The van der Waals surface area contributed by atoms with Crippen molar-refractivity contribution in [1.82, 2.24) is 24.2 Å². The maximum Gasteiger partial charge on any atom is 0.238 e. The van der Waals surface area contributed by atoms with E-state index in [4.69, 9.17) is 4.98 Å². The van der Waals surface area contributed by atoms with Crippen LogP contribution in [0.5, 0.6) is 0 Å². The topological polar surface area (TPSA) is 68.0 Å². The number of hydrogen-bond donors (Lipinski definition) is 1. The number of benzene rings is 1. The van der Waals surface area contributed by atoms with Gasteiger partial charge in [0.15, 0.2) is 0 Å². The molecule has 0 spiro atoms. The van der Waals surface area contributed by atoms with E-state index in [0.29, 0.717) is 12.5 Å². The van der Waals surface area contributed by atoms with Gasteiger partial charge in [0.1, 0.15) is 5.82 Å². The zero-order valence-corrected chi connectivity index (χ0v) is 17.8. The van der Waals surface area contributed by atoms with E-state index in [-0.39, 0.29) is 5.91 Å². The molecule has 2 aromatic heterocycles. The second-order valence-electron chi connectivity index (χ2n) is 8.00. The maximum atomic E-state index is 12.7. The summed E-state index contributed by atoms with van der Waals surface area (Å²) in [6.45, 7) is 9.00. The summed E-state index contributed by atoms with van der Waals surface area (Å²) in [4.78, 5) is 19.8. The molecule has 7 nitrogen and oxygen atoms in total. The van der Waals surface area contributed by atoms with Crippen LogP contribution in [0.25, 0.3) is 11.0 Å². The number of para-hydroxylation sites is 2. The molecule has 29 heavy (non-hydrogen) atoms. The third-order valence-electron chi connectivity index (χ3n) is 6.01. The van der Waals surface area contributed by atoms with Crippen molar-refractivity contribution in [2.75, 3.05) is 25.0 Å². The molecular formula is C22H30N6O. The Hall–Kier alpha value is -2.67. The molecule has 3 aromatic rings. The zero-order valence-electron chi connectivity index (χ0n) is 17.8. The molecule has 3 heterocycles. The molecule has 1 fully saturated rings. The average molecular weight is 395 g/mol. The number of hydrogen-bond acceptors (Lipinski definition) is 4. The third kappa shape index (κ3) is 3.79. The smallest absolute Gasteiger partial charge is 0.238 e. The van der Waals surface area contributed by atoms with Gasteiger partial charge in [-0.05, 0) is 52.3 Å². The van der Waals surface area contributed by atoms with E-state index in [1.165, 1.54) is 0 Å². The lowest BCUT2D eigenvalue weighted by Crippen LogP contribution is -2.40. The van der Waals surface area contributed by atoms with Crippen LogP contribution in [0.15, 0.2) is 24.3 Å². The predicted molar refractivity (Wildman–Crippen MR) is 115 cm³/mol. The van der Waals surface area contributed by atoms with Gasteiger partial charge in [0.2, 0.25) is 5.91 Å². The van der Waals surface area contributed by atoms with E-state index < -0.39 is 0 Å². The lowest BCUT2D eigenvalue weighted by atomic mass is 9.97. The van der Waals surface area contributed by atoms with Crippen LogP contribution >= 0.6 is 0 Å². The van der Waals surface area contributed by atoms with Crippen molar-refractivity contribution in [3.05, 3.63) is 41.5 Å². The molecule has 1 aliphatic heterocycles. The molecule has 1 N–H and O–H groups in total. The van der Waals surface area contributed by atoms with E-state index in [1.807, 2.05) is 24.6 Å². The number of nitrogens with one attached hydrogen (secondary N) is 1. The molecule has 0 radical (unpaired) electrons. The van der Waals surface area contributed by atoms with Crippen LogP contribution in [0.3, 0.4) is 0 Å². The van der Waals surface area contributed by atoms with Gasteiger partial charge in [-0.1, -0.05) is 12.1 Å². The van der Waals surface area contributed by atoms with Gasteiger partial charge in [-0.25, -0.2) is 4.98 Å². The Morgan fingerprint density at radius 1 is 1.28 bits per heavy atom. The highest BCUT2D eigenvalue weighted by Crippen LogP contribution is 2.28. The minimum Gasteiger partial charge on any atom is -0.331 e. The van der Waals surface area contributed by atoms with Crippen molar-refractivity contribution in [1.29, 1.82) is 0 Å². The highest BCUT2D eigenvalue weighted by Gasteiger charge is 2.27. The minimum absolute atomic E-state index is 0.0255. The average Bonchev–Trinajstić information content (AvgIpc) is 3.19. The summed E-state index contributed by atoms with van der Waals surface area (Å²) in [5, 5.41) is 7.57. The minimum atomic E-state index is 0.0255. The number of fused-ring (bicyclic) bond motifs is 1. The Labute approximate surface area is 171 Å². The van der Waals surface area contributed by atoms with Gasteiger partial charge in [0, 0.05) is 26.1 Å². The summed E-state index contributed by atoms with van der Waals surface area (Å²) >= 11 is 0. The number of imidazole rings is 1. The first-order valence-electron chi connectivity index (χ1n) is 10.5. The molecule has 1 aromatic carbocycles. The highest BCUT2D eigenvalue weighted by atomic mass is 16.2. The second-order valence-corrected chi connectivity index (χ2v) is 8.00. The summed E-state index contributed by atoms with van der Waals surface area (Å²) in [6, 6.07) is 8.26. The fraction of sp³-hybridized carbons (Fsp3) is 0.500. The SMILES string of the molecule is CCn1nc(C)c(NC(=O)CN2CCC[C@H](c3nc4ccccc4n3C)C2)c1C. The van der Waals surface area contributed by atoms with Crippen molar-refractivity contribution in [3.63, 3.8) is 0 Å². The number of piperidine rings is 1. The summed E-state index contributed by atoms with van der Waals surface area (Å²) in [6.07, 6.45) is 2.18. The Kier molecular flexibility index (Phi) is 5.41. The van der Waals surface area contributed by atoms with Crippen LogP contribution in [-0.4, -0.2) is 49.8 Å². The van der Waals surface area contributed by atoms with Gasteiger partial charge in [-0.15, -0.1) is 0 Å². The number of carbonyl (C=O) groups is 1. The maximum absolute atomic E-state index is 12.7. The van der Waals surface area contributed by atoms with Crippen molar-refractivity contribution in [2.45, 2.75) is 46.1 Å². The van der Waals surface area contributed by atoms with Gasteiger partial charge in [0.25, 0.3) is 0 Å².